The Bertz CT molecular complexity index is 1750. The van der Waals surface area contributed by atoms with Crippen LogP contribution in [0.1, 0.15) is 79.7 Å². The molecule has 0 aliphatic carbocycles. The molecule has 3 aromatic heterocycles. The summed E-state index contributed by atoms with van der Waals surface area (Å²) in [4.78, 5) is 43.1. The molecular weight excluding hydrogens is 534 g/mol. The number of H-pyrrole nitrogens is 2. The number of aliphatic carboxylic acids is 1. The van der Waals surface area contributed by atoms with E-state index in [1.54, 1.807) is 0 Å². The van der Waals surface area contributed by atoms with E-state index in [0.717, 1.165) is 46.0 Å². The Morgan fingerprint density at radius 2 is 1.55 bits per heavy atom. The molecule has 0 atom stereocenters. The molecule has 0 aliphatic heterocycles. The molecular formula is C33H35N3O6. The van der Waals surface area contributed by atoms with Crippen LogP contribution in [0, 0.1) is 0 Å². The van der Waals surface area contributed by atoms with Gasteiger partial charge in [0.15, 0.2) is 0 Å². The predicted octanol–water partition coefficient (Wildman–Crippen LogP) is 6.54. The number of carboxylic acids is 1. The van der Waals surface area contributed by atoms with Crippen LogP contribution in [0.15, 0.2) is 59.1 Å². The molecule has 0 saturated carbocycles. The highest BCUT2D eigenvalue weighted by atomic mass is 16.5. The molecule has 3 N–H and O–H groups in total. The maximum absolute atomic E-state index is 13.3. The molecule has 5 aromatic rings. The monoisotopic (exact) mass is 569 g/mol. The second-order valence-electron chi connectivity index (χ2n) is 11.7. The van der Waals surface area contributed by atoms with Crippen LogP contribution in [0.3, 0.4) is 0 Å². The highest BCUT2D eigenvalue weighted by molar-refractivity contribution is 6.11. The Morgan fingerprint density at radius 3 is 2.21 bits per heavy atom. The summed E-state index contributed by atoms with van der Waals surface area (Å²) in [6.45, 7) is 6.60. The summed E-state index contributed by atoms with van der Waals surface area (Å²) in [5.41, 5.74) is 3.88. The van der Waals surface area contributed by atoms with Crippen molar-refractivity contribution in [1.82, 2.24) is 15.1 Å². The van der Waals surface area contributed by atoms with Gasteiger partial charge in [-0.25, -0.2) is 0 Å². The Hall–Kier alpha value is -4.66. The van der Waals surface area contributed by atoms with E-state index in [2.05, 4.69) is 15.1 Å². The number of fused-ring (bicyclic) bond motifs is 2. The van der Waals surface area contributed by atoms with Gasteiger partial charge in [0, 0.05) is 46.1 Å². The number of ether oxygens (including phenoxy) is 1. The van der Waals surface area contributed by atoms with E-state index >= 15 is 0 Å². The number of nitrogens with zero attached hydrogens (tertiary/aromatic N) is 1. The normalized spacial score (nSPS) is 11.8. The zero-order valence-corrected chi connectivity index (χ0v) is 24.1. The molecule has 2 aromatic carbocycles. The summed E-state index contributed by atoms with van der Waals surface area (Å²) in [5.74, 6) is 0.542. The predicted molar refractivity (Wildman–Crippen MR) is 159 cm³/mol. The number of benzene rings is 2. The van der Waals surface area contributed by atoms with E-state index in [-0.39, 0.29) is 36.2 Å². The molecule has 0 amide bonds. The average Bonchev–Trinajstić information content (AvgIpc) is 3.67. The van der Waals surface area contributed by atoms with E-state index < -0.39 is 5.97 Å². The Morgan fingerprint density at radius 1 is 0.857 bits per heavy atom. The maximum atomic E-state index is 13.3. The largest absolute Gasteiger partial charge is 0.494 e. The van der Waals surface area contributed by atoms with Gasteiger partial charge in [-0.05, 0) is 67.3 Å². The Balaban J connectivity index is 1.21. The van der Waals surface area contributed by atoms with Crippen molar-refractivity contribution in [2.45, 2.75) is 64.7 Å². The van der Waals surface area contributed by atoms with E-state index in [0.29, 0.717) is 35.9 Å². The molecule has 218 valence electrons. The summed E-state index contributed by atoms with van der Waals surface area (Å²) in [6.07, 6.45) is 2.84. The van der Waals surface area contributed by atoms with Crippen LogP contribution in [0.5, 0.6) is 5.75 Å². The van der Waals surface area contributed by atoms with Gasteiger partial charge in [0.25, 0.3) is 0 Å². The van der Waals surface area contributed by atoms with Gasteiger partial charge >= 0.3 is 5.97 Å². The van der Waals surface area contributed by atoms with Crippen molar-refractivity contribution < 1.29 is 28.8 Å². The number of hydrogen-bond donors (Lipinski definition) is 3. The second-order valence-corrected chi connectivity index (χ2v) is 11.7. The lowest BCUT2D eigenvalue weighted by Gasteiger charge is -2.12. The highest BCUT2D eigenvalue weighted by Crippen LogP contribution is 2.26. The zero-order valence-electron chi connectivity index (χ0n) is 24.1. The standard InChI is InChI=1S/C33H35N3O6/c1-33(2,3)30-19-23(36-42-30)18-24(37)14-20-8-10-26-21(13-20)16-28(34-26)32(40)29-17-22-15-25(9-11-27(22)35-29)41-12-6-4-5-7-31(38)39/h8-11,13,15-17,19,34-35H,4-7,12,14,18H2,1-3H3,(H,38,39). The molecule has 3 heterocycles. The van der Waals surface area contributed by atoms with Gasteiger partial charge in [0.05, 0.1) is 30.1 Å². The quantitative estimate of drug-likeness (QED) is 0.108. The van der Waals surface area contributed by atoms with Crippen molar-refractivity contribution >= 4 is 39.3 Å². The first-order chi connectivity index (χ1) is 20.0. The first-order valence-corrected chi connectivity index (χ1v) is 14.2. The van der Waals surface area contributed by atoms with Crippen molar-refractivity contribution in [2.75, 3.05) is 6.61 Å². The summed E-state index contributed by atoms with van der Waals surface area (Å²) >= 11 is 0. The summed E-state index contributed by atoms with van der Waals surface area (Å²) in [6, 6.07) is 16.8. The summed E-state index contributed by atoms with van der Waals surface area (Å²) < 4.78 is 11.2. The molecule has 0 saturated heterocycles. The minimum atomic E-state index is -0.780. The number of hydrogen-bond acceptors (Lipinski definition) is 6. The van der Waals surface area contributed by atoms with E-state index in [1.165, 1.54) is 0 Å². The number of ketones is 2. The molecule has 0 spiro atoms. The number of aromatic amines is 2. The first kappa shape index (κ1) is 28.9. The number of Topliss-reactive ketones (excluding diaryl/α,β-unsaturated/α-hetero) is 1. The number of rotatable bonds is 13. The van der Waals surface area contributed by atoms with Gasteiger partial charge in [-0.3, -0.25) is 14.4 Å². The van der Waals surface area contributed by atoms with E-state index in [1.807, 2.05) is 75.4 Å². The number of carboxylic acid groups (broad SMARTS) is 1. The van der Waals surface area contributed by atoms with Crippen LogP contribution in [-0.4, -0.2) is 44.4 Å². The van der Waals surface area contributed by atoms with Gasteiger partial charge in [0.1, 0.15) is 17.3 Å². The first-order valence-electron chi connectivity index (χ1n) is 14.2. The lowest BCUT2D eigenvalue weighted by Crippen LogP contribution is -2.09. The minimum Gasteiger partial charge on any atom is -0.494 e. The summed E-state index contributed by atoms with van der Waals surface area (Å²) in [5, 5.41) is 14.5. The number of carbonyl (C=O) groups excluding carboxylic acids is 2. The molecule has 0 fully saturated rings. The molecule has 0 radical (unpaired) electrons. The topological polar surface area (TPSA) is 138 Å². The van der Waals surface area contributed by atoms with Gasteiger partial charge in [0.2, 0.25) is 5.78 Å². The van der Waals surface area contributed by atoms with Gasteiger partial charge < -0.3 is 24.3 Å². The van der Waals surface area contributed by atoms with Crippen LogP contribution in [0.2, 0.25) is 0 Å². The lowest BCUT2D eigenvalue weighted by atomic mass is 9.93. The van der Waals surface area contributed by atoms with Crippen molar-refractivity contribution in [1.29, 1.82) is 0 Å². The molecule has 42 heavy (non-hydrogen) atoms. The Labute approximate surface area is 243 Å². The third-order valence-electron chi connectivity index (χ3n) is 7.15. The Kier molecular flexibility index (Phi) is 8.29. The SMILES string of the molecule is CC(C)(C)c1cc(CC(=O)Cc2ccc3[nH]c(C(=O)c4cc5cc(OCCCCCC(=O)O)ccc5[nH]4)cc3c2)no1. The van der Waals surface area contributed by atoms with E-state index in [9.17, 15) is 14.4 Å². The summed E-state index contributed by atoms with van der Waals surface area (Å²) in [7, 11) is 0. The number of carbonyl (C=O) groups is 3. The lowest BCUT2D eigenvalue weighted by molar-refractivity contribution is -0.137. The van der Waals surface area contributed by atoms with Crippen molar-refractivity contribution in [3.63, 3.8) is 0 Å². The van der Waals surface area contributed by atoms with Gasteiger partial charge in [-0.2, -0.15) is 0 Å². The maximum Gasteiger partial charge on any atom is 0.303 e. The number of aromatic nitrogens is 3. The third-order valence-corrected chi connectivity index (χ3v) is 7.15. The van der Waals surface area contributed by atoms with Crippen molar-refractivity contribution in [3.8, 4) is 5.75 Å². The average molecular weight is 570 g/mol. The number of unbranched alkanes of at least 4 members (excludes halogenated alkanes) is 2. The highest BCUT2D eigenvalue weighted by Gasteiger charge is 2.21. The fraction of sp³-hybridized carbons (Fsp3) is 0.333. The zero-order chi connectivity index (χ0) is 29.9. The molecule has 9 heteroatoms. The third kappa shape index (κ3) is 6.97. The van der Waals surface area contributed by atoms with E-state index in [4.69, 9.17) is 14.4 Å². The molecule has 0 unspecified atom stereocenters. The molecule has 9 nitrogen and oxygen atoms in total. The van der Waals surface area contributed by atoms with Gasteiger partial charge in [-0.15, -0.1) is 0 Å². The van der Waals surface area contributed by atoms with Crippen LogP contribution < -0.4 is 4.74 Å². The van der Waals surface area contributed by atoms with Crippen LogP contribution >= 0.6 is 0 Å². The minimum absolute atomic E-state index is 0.0366. The molecule has 0 bridgehead atoms. The van der Waals surface area contributed by atoms with Crippen molar-refractivity contribution in [3.05, 3.63) is 83.0 Å². The molecule has 5 rings (SSSR count). The van der Waals surface area contributed by atoms with Gasteiger partial charge in [-0.1, -0.05) is 32.0 Å². The molecule has 0 aliphatic rings. The fourth-order valence-electron chi connectivity index (χ4n) is 4.87. The number of nitrogens with one attached hydrogen (secondary N) is 2. The second kappa shape index (κ2) is 12.1. The van der Waals surface area contributed by atoms with Crippen molar-refractivity contribution in [2.24, 2.45) is 0 Å². The smallest absolute Gasteiger partial charge is 0.303 e. The van der Waals surface area contributed by atoms with Crippen LogP contribution in [-0.2, 0) is 27.8 Å². The van der Waals surface area contributed by atoms with Crippen LogP contribution in [0.4, 0.5) is 0 Å². The van der Waals surface area contributed by atoms with Crippen LogP contribution in [0.25, 0.3) is 21.8 Å². The fourth-order valence-corrected chi connectivity index (χ4v) is 4.87.